The second-order valence-corrected chi connectivity index (χ2v) is 1.79. The minimum atomic E-state index is 0.934. The first-order chi connectivity index (χ1) is 3.43. The van der Waals surface area contributed by atoms with Gasteiger partial charge >= 0.3 is 0 Å². The second kappa shape index (κ2) is 2.23. The van der Waals surface area contributed by atoms with Gasteiger partial charge in [-0.25, -0.2) is 0 Å². The highest BCUT2D eigenvalue weighted by Crippen LogP contribution is 1.85. The van der Waals surface area contributed by atoms with Crippen molar-refractivity contribution >= 4 is 17.7 Å². The maximum Gasteiger partial charge on any atom is 0.0685 e. The number of hydrogen-bond donors (Lipinski definition) is 1. The van der Waals surface area contributed by atoms with Gasteiger partial charge in [-0.3, -0.25) is 5.32 Å². The standard InChI is InChI=1S/C4H8N2S/c7-4-6-2-1-5-3-6/h4-5H,1-3H2. The summed E-state index contributed by atoms with van der Waals surface area (Å²) in [5, 5.41) is 3.15. The van der Waals surface area contributed by atoms with Gasteiger partial charge < -0.3 is 4.90 Å². The van der Waals surface area contributed by atoms with Crippen molar-refractivity contribution in [1.29, 1.82) is 0 Å². The lowest BCUT2D eigenvalue weighted by Crippen LogP contribution is -2.18. The van der Waals surface area contributed by atoms with E-state index in [0.29, 0.717) is 0 Å². The number of nitrogens with one attached hydrogen (secondary N) is 1. The summed E-state index contributed by atoms with van der Waals surface area (Å²) in [4.78, 5) is 2.06. The highest BCUT2D eigenvalue weighted by molar-refractivity contribution is 7.78. The molecule has 0 aromatic rings. The zero-order valence-electron chi connectivity index (χ0n) is 4.05. The van der Waals surface area contributed by atoms with Crippen LogP contribution in [0, 0.1) is 0 Å². The Morgan fingerprint density at radius 2 is 2.57 bits per heavy atom. The zero-order chi connectivity index (χ0) is 5.11. The van der Waals surface area contributed by atoms with E-state index < -0.39 is 0 Å². The van der Waals surface area contributed by atoms with Gasteiger partial charge in [0.2, 0.25) is 0 Å². The molecule has 0 bridgehead atoms. The summed E-state index contributed by atoms with van der Waals surface area (Å²) in [7, 11) is 0. The third kappa shape index (κ3) is 1.11. The van der Waals surface area contributed by atoms with E-state index in [2.05, 4.69) is 22.4 Å². The van der Waals surface area contributed by atoms with E-state index in [1.807, 2.05) is 0 Å². The van der Waals surface area contributed by atoms with Crippen LogP contribution < -0.4 is 5.32 Å². The molecule has 3 heteroatoms. The third-order valence-electron chi connectivity index (χ3n) is 1.04. The van der Waals surface area contributed by atoms with Gasteiger partial charge in [0.15, 0.2) is 0 Å². The van der Waals surface area contributed by atoms with Crippen molar-refractivity contribution in [3.8, 4) is 0 Å². The fraction of sp³-hybridized carbons (Fsp3) is 0.750. The summed E-state index contributed by atoms with van der Waals surface area (Å²) < 4.78 is 0. The molecule has 1 rings (SSSR count). The SMILES string of the molecule is S=CN1CCNC1. The summed E-state index contributed by atoms with van der Waals surface area (Å²) in [5.74, 6) is 0. The molecule has 0 aliphatic carbocycles. The molecule has 40 valence electrons. The summed E-state index contributed by atoms with van der Waals surface area (Å²) in [6.45, 7) is 3.08. The van der Waals surface area contributed by atoms with Crippen LogP contribution in [0.5, 0.6) is 0 Å². The van der Waals surface area contributed by atoms with Crippen LogP contribution in [0.25, 0.3) is 0 Å². The highest BCUT2D eigenvalue weighted by Gasteiger charge is 2.03. The maximum atomic E-state index is 4.67. The molecule has 2 nitrogen and oxygen atoms in total. The molecular formula is C4H8N2S. The molecule has 7 heavy (non-hydrogen) atoms. The molecule has 0 amide bonds. The van der Waals surface area contributed by atoms with Crippen molar-refractivity contribution in [3.63, 3.8) is 0 Å². The van der Waals surface area contributed by atoms with E-state index in [1.54, 1.807) is 5.49 Å². The second-order valence-electron chi connectivity index (χ2n) is 1.58. The van der Waals surface area contributed by atoms with Gasteiger partial charge in [-0.15, -0.1) is 0 Å². The van der Waals surface area contributed by atoms with Crippen LogP contribution >= 0.6 is 12.2 Å². The third-order valence-corrected chi connectivity index (χ3v) is 1.34. The van der Waals surface area contributed by atoms with Crippen molar-refractivity contribution in [3.05, 3.63) is 0 Å². The van der Waals surface area contributed by atoms with E-state index in [9.17, 15) is 0 Å². The average Bonchev–Trinajstić information content (AvgIpc) is 2.14. The Bertz CT molecular complexity index is 68.1. The van der Waals surface area contributed by atoms with E-state index in [-0.39, 0.29) is 0 Å². The Morgan fingerprint density at radius 1 is 1.71 bits per heavy atom. The number of thiocarbonyl (C=S) groups is 1. The van der Waals surface area contributed by atoms with Crippen molar-refractivity contribution < 1.29 is 0 Å². The van der Waals surface area contributed by atoms with Crippen LogP contribution in [0.2, 0.25) is 0 Å². The van der Waals surface area contributed by atoms with Crippen LogP contribution in [-0.4, -0.2) is 30.1 Å². The normalized spacial score (nSPS) is 20.3. The highest BCUT2D eigenvalue weighted by atomic mass is 32.1. The molecule has 1 N–H and O–H groups in total. The lowest BCUT2D eigenvalue weighted by molar-refractivity contribution is 0.535. The van der Waals surface area contributed by atoms with Crippen LogP contribution in [0.1, 0.15) is 0 Å². The van der Waals surface area contributed by atoms with E-state index >= 15 is 0 Å². The minimum Gasteiger partial charge on any atom is -0.355 e. The summed E-state index contributed by atoms with van der Waals surface area (Å²) >= 11 is 4.67. The predicted molar refractivity (Wildman–Crippen MR) is 33.2 cm³/mol. The molecule has 0 unspecified atom stereocenters. The smallest absolute Gasteiger partial charge is 0.0685 e. The molecule has 1 heterocycles. The van der Waals surface area contributed by atoms with Gasteiger partial charge in [0.05, 0.1) is 12.2 Å². The van der Waals surface area contributed by atoms with Crippen LogP contribution in [0.4, 0.5) is 0 Å². The van der Waals surface area contributed by atoms with Crippen LogP contribution in [0.3, 0.4) is 0 Å². The van der Waals surface area contributed by atoms with Crippen molar-refractivity contribution in [2.45, 2.75) is 0 Å². The van der Waals surface area contributed by atoms with E-state index in [0.717, 1.165) is 19.8 Å². The van der Waals surface area contributed by atoms with Gasteiger partial charge in [0.1, 0.15) is 0 Å². The van der Waals surface area contributed by atoms with E-state index in [4.69, 9.17) is 0 Å². The Morgan fingerprint density at radius 3 is 2.86 bits per heavy atom. The molecule has 1 aliphatic rings. The average molecular weight is 116 g/mol. The molecular weight excluding hydrogens is 108 g/mol. The summed E-state index contributed by atoms with van der Waals surface area (Å²) in [5.41, 5.74) is 1.69. The number of rotatable bonds is 1. The predicted octanol–water partition coefficient (Wildman–Crippen LogP) is -0.194. The van der Waals surface area contributed by atoms with Gasteiger partial charge in [-0.1, -0.05) is 12.2 Å². The fourth-order valence-electron chi connectivity index (χ4n) is 0.614. The largest absolute Gasteiger partial charge is 0.355 e. The maximum absolute atomic E-state index is 4.67. The van der Waals surface area contributed by atoms with Crippen LogP contribution in [-0.2, 0) is 0 Å². The topological polar surface area (TPSA) is 15.3 Å². The summed E-state index contributed by atoms with van der Waals surface area (Å²) in [6, 6.07) is 0. The Balaban J connectivity index is 2.26. The molecule has 0 aromatic carbocycles. The Labute approximate surface area is 48.5 Å². The molecule has 0 radical (unpaired) electrons. The molecule has 0 spiro atoms. The Hall–Kier alpha value is -0.150. The molecule has 1 fully saturated rings. The van der Waals surface area contributed by atoms with Crippen molar-refractivity contribution in [2.75, 3.05) is 19.8 Å². The zero-order valence-corrected chi connectivity index (χ0v) is 4.87. The van der Waals surface area contributed by atoms with Gasteiger partial charge in [0, 0.05) is 13.1 Å². The van der Waals surface area contributed by atoms with Gasteiger partial charge in [-0.2, -0.15) is 0 Å². The first kappa shape index (κ1) is 5.00. The van der Waals surface area contributed by atoms with E-state index in [1.165, 1.54) is 0 Å². The first-order valence-corrected chi connectivity index (χ1v) is 2.80. The van der Waals surface area contributed by atoms with Gasteiger partial charge in [0.25, 0.3) is 0 Å². The molecule has 0 atom stereocenters. The number of hydrogen-bond acceptors (Lipinski definition) is 2. The molecule has 1 aliphatic heterocycles. The van der Waals surface area contributed by atoms with Crippen molar-refractivity contribution in [1.82, 2.24) is 10.2 Å². The van der Waals surface area contributed by atoms with Crippen molar-refractivity contribution in [2.24, 2.45) is 0 Å². The molecule has 0 aromatic heterocycles. The summed E-state index contributed by atoms with van der Waals surface area (Å²) in [6.07, 6.45) is 0. The monoisotopic (exact) mass is 116 g/mol. The molecule has 0 saturated carbocycles. The van der Waals surface area contributed by atoms with Crippen LogP contribution in [0.15, 0.2) is 0 Å². The lowest BCUT2D eigenvalue weighted by Gasteiger charge is -2.04. The fourth-order valence-corrected chi connectivity index (χ4v) is 0.794. The minimum absolute atomic E-state index is 0.934. The van der Waals surface area contributed by atoms with Gasteiger partial charge in [-0.05, 0) is 0 Å². The first-order valence-electron chi connectivity index (χ1n) is 2.33. The molecule has 1 saturated heterocycles. The number of nitrogens with zero attached hydrogens (tertiary/aromatic N) is 1. The Kier molecular flexibility index (Phi) is 1.59. The lowest BCUT2D eigenvalue weighted by atomic mass is 10.7. The quantitative estimate of drug-likeness (QED) is 0.478.